The van der Waals surface area contributed by atoms with E-state index in [4.69, 9.17) is 4.74 Å². The quantitative estimate of drug-likeness (QED) is 0.782. The van der Waals surface area contributed by atoms with Gasteiger partial charge in [0.05, 0.1) is 12.7 Å². The van der Waals surface area contributed by atoms with Gasteiger partial charge in [-0.05, 0) is 24.1 Å². The van der Waals surface area contributed by atoms with Crippen LogP contribution in [0, 0.1) is 0 Å². The molecule has 1 amide bonds. The third-order valence-electron chi connectivity index (χ3n) is 2.65. The highest BCUT2D eigenvalue weighted by Crippen LogP contribution is 2.31. The van der Waals surface area contributed by atoms with Gasteiger partial charge in [0.15, 0.2) is 0 Å². The van der Waals surface area contributed by atoms with E-state index in [1.165, 1.54) is 0 Å². The molecule has 0 fully saturated rings. The molecule has 0 N–H and O–H groups in total. The van der Waals surface area contributed by atoms with Gasteiger partial charge in [0, 0.05) is 18.1 Å². The molecule has 0 unspecified atom stereocenters. The fourth-order valence-corrected chi connectivity index (χ4v) is 2.30. The fourth-order valence-electron chi connectivity index (χ4n) is 1.82. The van der Waals surface area contributed by atoms with Crippen molar-refractivity contribution in [1.29, 1.82) is 0 Å². The highest BCUT2D eigenvalue weighted by Gasteiger charge is 2.25. The first kappa shape index (κ1) is 10.5. The number of hydrogen-bond acceptors (Lipinski definition) is 2. The van der Waals surface area contributed by atoms with Gasteiger partial charge in [0.2, 0.25) is 0 Å². The molecule has 1 aromatic carbocycles. The van der Waals surface area contributed by atoms with Crippen molar-refractivity contribution in [2.45, 2.75) is 6.42 Å². The van der Waals surface area contributed by atoms with Crippen LogP contribution in [-0.4, -0.2) is 31.5 Å². The number of likely N-dealkylation sites (N-methyl/N-ethyl adjacent to an activating group) is 1. The van der Waals surface area contributed by atoms with Crippen LogP contribution in [0.1, 0.15) is 15.9 Å². The van der Waals surface area contributed by atoms with E-state index in [0.717, 1.165) is 23.0 Å². The van der Waals surface area contributed by atoms with Crippen LogP contribution >= 0.6 is 15.9 Å². The maximum Gasteiger partial charge on any atom is 0.257 e. The largest absolute Gasteiger partial charge is 0.496 e. The van der Waals surface area contributed by atoms with E-state index < -0.39 is 0 Å². The van der Waals surface area contributed by atoms with Crippen LogP contribution in [0.5, 0.6) is 5.75 Å². The van der Waals surface area contributed by atoms with Crippen LogP contribution in [0.15, 0.2) is 16.6 Å². The molecule has 0 aromatic heterocycles. The average Bonchev–Trinajstić information content (AvgIpc) is 2.22. The molecule has 1 heterocycles. The number of carbonyl (C=O) groups is 1. The second kappa shape index (κ2) is 3.85. The number of benzene rings is 1. The minimum absolute atomic E-state index is 0.0422. The second-order valence-electron chi connectivity index (χ2n) is 3.62. The molecule has 1 aliphatic rings. The van der Waals surface area contributed by atoms with E-state index in [2.05, 4.69) is 15.9 Å². The van der Waals surface area contributed by atoms with Gasteiger partial charge in [-0.25, -0.2) is 0 Å². The molecule has 4 heteroatoms. The van der Waals surface area contributed by atoms with Gasteiger partial charge in [0.25, 0.3) is 5.91 Å². The molecule has 1 aromatic rings. The van der Waals surface area contributed by atoms with E-state index in [9.17, 15) is 4.79 Å². The van der Waals surface area contributed by atoms with Crippen molar-refractivity contribution >= 4 is 21.8 Å². The van der Waals surface area contributed by atoms with E-state index in [0.29, 0.717) is 11.3 Å². The van der Waals surface area contributed by atoms with Gasteiger partial charge in [-0.1, -0.05) is 15.9 Å². The number of amides is 1. The normalized spacial score (nSPS) is 15.1. The van der Waals surface area contributed by atoms with Gasteiger partial charge >= 0.3 is 0 Å². The molecule has 0 spiro atoms. The van der Waals surface area contributed by atoms with Crippen molar-refractivity contribution in [2.24, 2.45) is 0 Å². The number of hydrogen-bond donors (Lipinski definition) is 0. The zero-order chi connectivity index (χ0) is 11.0. The molecule has 3 nitrogen and oxygen atoms in total. The molecule has 2 rings (SSSR count). The first-order valence-corrected chi connectivity index (χ1v) is 5.54. The predicted octanol–water partition coefficient (Wildman–Crippen LogP) is 2.09. The van der Waals surface area contributed by atoms with Crippen LogP contribution in [0.4, 0.5) is 0 Å². The highest BCUT2D eigenvalue weighted by atomic mass is 79.9. The number of nitrogens with zero attached hydrogens (tertiary/aromatic N) is 1. The summed E-state index contributed by atoms with van der Waals surface area (Å²) in [5, 5.41) is 0. The Morgan fingerprint density at radius 3 is 2.87 bits per heavy atom. The summed E-state index contributed by atoms with van der Waals surface area (Å²) >= 11 is 3.41. The van der Waals surface area contributed by atoms with E-state index in [-0.39, 0.29) is 5.91 Å². The molecule has 0 saturated heterocycles. The standard InChI is InChI=1S/C11H12BrNO2/c1-13-4-3-7-5-8(12)6-9(15-2)10(7)11(13)14/h5-6H,3-4H2,1-2H3. The van der Waals surface area contributed by atoms with Gasteiger partial charge in [0.1, 0.15) is 5.75 Å². The third kappa shape index (κ3) is 1.74. The molecule has 80 valence electrons. The molecule has 0 atom stereocenters. The van der Waals surface area contributed by atoms with Crippen LogP contribution in [-0.2, 0) is 6.42 Å². The molecule has 15 heavy (non-hydrogen) atoms. The van der Waals surface area contributed by atoms with E-state index >= 15 is 0 Å². The van der Waals surface area contributed by atoms with Crippen LogP contribution in [0.3, 0.4) is 0 Å². The van der Waals surface area contributed by atoms with Crippen molar-refractivity contribution in [3.05, 3.63) is 27.7 Å². The Bertz CT molecular complexity index is 400. The summed E-state index contributed by atoms with van der Waals surface area (Å²) in [5.74, 6) is 0.691. The lowest BCUT2D eigenvalue weighted by atomic mass is 9.98. The minimum atomic E-state index is 0.0422. The number of fused-ring (bicyclic) bond motifs is 1. The van der Waals surface area contributed by atoms with Gasteiger partial charge < -0.3 is 9.64 Å². The maximum atomic E-state index is 11.9. The lowest BCUT2D eigenvalue weighted by Crippen LogP contribution is -2.34. The summed E-state index contributed by atoms with van der Waals surface area (Å²) in [6, 6.07) is 3.82. The summed E-state index contributed by atoms with van der Waals surface area (Å²) in [6.07, 6.45) is 0.882. The third-order valence-corrected chi connectivity index (χ3v) is 3.10. The minimum Gasteiger partial charge on any atom is -0.496 e. The number of rotatable bonds is 1. The smallest absolute Gasteiger partial charge is 0.257 e. The summed E-state index contributed by atoms with van der Waals surface area (Å²) in [7, 11) is 3.40. The van der Waals surface area contributed by atoms with Gasteiger partial charge in [-0.3, -0.25) is 4.79 Å². The predicted molar refractivity (Wildman–Crippen MR) is 61.4 cm³/mol. The fraction of sp³-hybridized carbons (Fsp3) is 0.364. The number of ether oxygens (including phenoxy) is 1. The molecule has 1 aliphatic heterocycles. The summed E-state index contributed by atoms with van der Waals surface area (Å²) in [5.41, 5.74) is 1.76. The van der Waals surface area contributed by atoms with Crippen molar-refractivity contribution in [1.82, 2.24) is 4.90 Å². The summed E-state index contributed by atoms with van der Waals surface area (Å²) in [6.45, 7) is 0.769. The number of carbonyl (C=O) groups excluding carboxylic acids is 1. The van der Waals surface area contributed by atoms with Crippen molar-refractivity contribution in [2.75, 3.05) is 20.7 Å². The zero-order valence-electron chi connectivity index (χ0n) is 8.71. The Labute approximate surface area is 97.2 Å². The second-order valence-corrected chi connectivity index (χ2v) is 4.53. The highest BCUT2D eigenvalue weighted by molar-refractivity contribution is 9.10. The molecule has 0 bridgehead atoms. The Balaban J connectivity index is 2.60. The molecule has 0 radical (unpaired) electrons. The van der Waals surface area contributed by atoms with Gasteiger partial charge in [-0.15, -0.1) is 0 Å². The zero-order valence-corrected chi connectivity index (χ0v) is 10.3. The van der Waals surface area contributed by atoms with Crippen molar-refractivity contribution in [3.8, 4) is 5.75 Å². The Hall–Kier alpha value is -1.03. The first-order valence-electron chi connectivity index (χ1n) is 4.75. The maximum absolute atomic E-state index is 11.9. The lowest BCUT2D eigenvalue weighted by Gasteiger charge is -2.26. The van der Waals surface area contributed by atoms with Crippen LogP contribution < -0.4 is 4.74 Å². The van der Waals surface area contributed by atoms with Crippen molar-refractivity contribution < 1.29 is 9.53 Å². The Morgan fingerprint density at radius 2 is 2.20 bits per heavy atom. The molecule has 0 saturated carbocycles. The van der Waals surface area contributed by atoms with Crippen LogP contribution in [0.2, 0.25) is 0 Å². The molecular formula is C11H12BrNO2. The SMILES string of the molecule is COc1cc(Br)cc2c1C(=O)N(C)CC2. The topological polar surface area (TPSA) is 29.5 Å². The summed E-state index contributed by atoms with van der Waals surface area (Å²) in [4.78, 5) is 13.7. The summed E-state index contributed by atoms with van der Waals surface area (Å²) < 4.78 is 6.19. The molecule has 0 aliphatic carbocycles. The first-order chi connectivity index (χ1) is 7.13. The lowest BCUT2D eigenvalue weighted by molar-refractivity contribution is 0.0777. The Kier molecular flexibility index (Phi) is 2.69. The number of methoxy groups -OCH3 is 1. The Morgan fingerprint density at radius 1 is 1.47 bits per heavy atom. The molecular weight excluding hydrogens is 258 g/mol. The number of halogens is 1. The monoisotopic (exact) mass is 269 g/mol. The van der Waals surface area contributed by atoms with E-state index in [1.54, 1.807) is 12.0 Å². The van der Waals surface area contributed by atoms with Crippen LogP contribution in [0.25, 0.3) is 0 Å². The van der Waals surface area contributed by atoms with Crippen molar-refractivity contribution in [3.63, 3.8) is 0 Å². The average molecular weight is 270 g/mol. The van der Waals surface area contributed by atoms with Gasteiger partial charge in [-0.2, -0.15) is 0 Å². The van der Waals surface area contributed by atoms with E-state index in [1.807, 2.05) is 19.2 Å².